The van der Waals surface area contributed by atoms with Crippen LogP contribution in [0.1, 0.15) is 194 Å². The van der Waals surface area contributed by atoms with Crippen molar-refractivity contribution in [3.05, 3.63) is 146 Å². The SMILES string of the molecule is CC1(C)Oc2cc(/C=C/C(=O)O)cc(O)c2C2C=C(C(=O)O)CCC21.CC1(C)Oc2cc(CC(=O)O)cc(O)c2C2C=C(C(=O)O)CCC21.CC1(C)Oc2cc(CCC(=O)O)cc(O)c2C2C=C(C(=O)O)CCC21.CC1(C)Oc2cc(CCCC(=O)O)cc(O)c2C2C=C(C(=O)O)CCC21. The number of ether oxygens (including phenoxy) is 4. The summed E-state index contributed by atoms with van der Waals surface area (Å²) < 4.78 is 24.5. The lowest BCUT2D eigenvalue weighted by atomic mass is 9.67. The van der Waals surface area contributed by atoms with E-state index in [0.717, 1.165) is 11.6 Å². The van der Waals surface area contributed by atoms with E-state index in [9.17, 15) is 79.2 Å². The molecule has 0 fully saturated rings. The van der Waals surface area contributed by atoms with Gasteiger partial charge in [-0.1, -0.05) is 24.3 Å². The van der Waals surface area contributed by atoms with E-state index in [1.54, 1.807) is 54.6 Å². The maximum atomic E-state index is 11.4. The molecule has 0 spiro atoms. The summed E-state index contributed by atoms with van der Waals surface area (Å²) in [5.41, 5.74) is 4.18. The van der Waals surface area contributed by atoms with E-state index in [1.165, 1.54) is 18.2 Å². The van der Waals surface area contributed by atoms with Crippen molar-refractivity contribution < 1.29 is 119 Å². The lowest BCUT2D eigenvalue weighted by molar-refractivity contribution is -0.138. The topological polar surface area (TPSA) is 416 Å². The third kappa shape index (κ3) is 16.2. The minimum atomic E-state index is -1.08. The molecule has 100 heavy (non-hydrogen) atoms. The van der Waals surface area contributed by atoms with E-state index < -0.39 is 70.2 Å². The Morgan fingerprint density at radius 2 is 0.690 bits per heavy atom. The Bertz CT molecular complexity index is 4130. The summed E-state index contributed by atoms with van der Waals surface area (Å²) in [7, 11) is 0. The average Bonchev–Trinajstić information content (AvgIpc) is 0.765. The van der Waals surface area contributed by atoms with Crippen molar-refractivity contribution in [1.82, 2.24) is 0 Å². The van der Waals surface area contributed by atoms with Crippen LogP contribution in [0.2, 0.25) is 0 Å². The van der Waals surface area contributed by atoms with Crippen molar-refractivity contribution in [2.24, 2.45) is 23.7 Å². The molecular weight excluding hydrogens is 1300 g/mol. The number of hydrogen-bond donors (Lipinski definition) is 12. The first-order chi connectivity index (χ1) is 46.7. The molecule has 4 aliphatic heterocycles. The highest BCUT2D eigenvalue weighted by molar-refractivity contribution is 5.89. The lowest BCUT2D eigenvalue weighted by Gasteiger charge is -2.46. The van der Waals surface area contributed by atoms with Crippen molar-refractivity contribution in [2.45, 2.75) is 191 Å². The monoisotopic (exact) mass is 1380 g/mol. The zero-order chi connectivity index (χ0) is 73.4. The average molecular weight is 1380 g/mol. The first-order valence-electron chi connectivity index (χ1n) is 33.3. The molecule has 0 radical (unpaired) electrons. The van der Waals surface area contributed by atoms with Crippen molar-refractivity contribution >= 4 is 53.8 Å². The van der Waals surface area contributed by atoms with Crippen LogP contribution in [0.4, 0.5) is 0 Å². The van der Waals surface area contributed by atoms with Crippen LogP contribution < -0.4 is 18.9 Å². The second kappa shape index (κ2) is 28.9. The van der Waals surface area contributed by atoms with Crippen molar-refractivity contribution in [2.75, 3.05) is 0 Å². The highest BCUT2D eigenvalue weighted by atomic mass is 16.5. The molecule has 0 saturated heterocycles. The lowest BCUT2D eigenvalue weighted by Crippen LogP contribution is -2.45. The number of aliphatic carboxylic acids is 8. The summed E-state index contributed by atoms with van der Waals surface area (Å²) >= 11 is 0. The Labute approximate surface area is 576 Å². The summed E-state index contributed by atoms with van der Waals surface area (Å²) in [6, 6.07) is 13.0. The molecule has 24 heteroatoms. The van der Waals surface area contributed by atoms with Crippen molar-refractivity contribution in [1.29, 1.82) is 0 Å². The van der Waals surface area contributed by atoms with Gasteiger partial charge in [-0.15, -0.1) is 0 Å². The van der Waals surface area contributed by atoms with Gasteiger partial charge in [-0.3, -0.25) is 14.4 Å². The van der Waals surface area contributed by atoms with Crippen LogP contribution in [-0.4, -0.2) is 131 Å². The number of fused-ring (bicyclic) bond motifs is 12. The predicted molar refractivity (Wildman–Crippen MR) is 361 cm³/mol. The molecular formula is C76H86O24. The van der Waals surface area contributed by atoms with Crippen molar-refractivity contribution in [3.63, 3.8) is 0 Å². The van der Waals surface area contributed by atoms with Gasteiger partial charge in [0.05, 0.1) is 6.42 Å². The highest BCUT2D eigenvalue weighted by Gasteiger charge is 2.50. The molecule has 0 amide bonds. The summed E-state index contributed by atoms with van der Waals surface area (Å²) in [6.45, 7) is 15.7. The quantitative estimate of drug-likeness (QED) is 0.0492. The fourth-order valence-electron chi connectivity index (χ4n) is 15.9. The maximum Gasteiger partial charge on any atom is 0.331 e. The Morgan fingerprint density at radius 1 is 0.390 bits per heavy atom. The molecule has 4 aliphatic carbocycles. The van der Waals surface area contributed by atoms with Gasteiger partial charge in [-0.05, 0) is 203 Å². The van der Waals surface area contributed by atoms with Gasteiger partial charge >= 0.3 is 47.8 Å². The van der Waals surface area contributed by atoms with Crippen LogP contribution in [-0.2, 0) is 57.6 Å². The zero-order valence-electron chi connectivity index (χ0n) is 56.9. The van der Waals surface area contributed by atoms with Gasteiger partial charge in [0.1, 0.15) is 68.4 Å². The van der Waals surface area contributed by atoms with E-state index in [0.29, 0.717) is 155 Å². The number of carboxylic acid groups (broad SMARTS) is 8. The summed E-state index contributed by atoms with van der Waals surface area (Å²) in [6.07, 6.45) is 15.0. The largest absolute Gasteiger partial charge is 0.507 e. The van der Waals surface area contributed by atoms with E-state index in [2.05, 4.69) is 0 Å². The number of benzene rings is 4. The molecule has 4 aromatic rings. The first-order valence-corrected chi connectivity index (χ1v) is 33.3. The Morgan fingerprint density at radius 3 is 1.00 bits per heavy atom. The van der Waals surface area contributed by atoms with Crippen molar-refractivity contribution in [3.8, 4) is 46.0 Å². The third-order valence-electron chi connectivity index (χ3n) is 20.6. The van der Waals surface area contributed by atoms with Crippen LogP contribution in [0.15, 0.2) is 101 Å². The van der Waals surface area contributed by atoms with Crippen LogP contribution in [0.5, 0.6) is 46.0 Å². The Kier molecular flexibility index (Phi) is 21.4. The van der Waals surface area contributed by atoms with Gasteiger partial charge in [-0.25, -0.2) is 24.0 Å². The summed E-state index contributed by atoms with van der Waals surface area (Å²) in [4.78, 5) is 88.6. The molecule has 4 aromatic carbocycles. The highest BCUT2D eigenvalue weighted by Crippen LogP contribution is 2.58. The first kappa shape index (κ1) is 74.0. The van der Waals surface area contributed by atoms with Gasteiger partial charge in [0.15, 0.2) is 0 Å². The van der Waals surface area contributed by atoms with Crippen LogP contribution in [0.25, 0.3) is 6.08 Å². The number of rotatable bonds is 15. The summed E-state index contributed by atoms with van der Waals surface area (Å²) in [5.74, 6) is -6.24. The molecule has 4 heterocycles. The molecule has 24 nitrogen and oxygen atoms in total. The molecule has 12 N–H and O–H groups in total. The number of phenolic OH excluding ortho intramolecular Hbond substituents is 4. The zero-order valence-corrected chi connectivity index (χ0v) is 56.9. The second-order valence-electron chi connectivity index (χ2n) is 28.9. The fourth-order valence-corrected chi connectivity index (χ4v) is 15.9. The van der Waals surface area contributed by atoms with Gasteiger partial charge in [0, 0.05) is 111 Å². The number of hydrogen-bond acceptors (Lipinski definition) is 16. The smallest absolute Gasteiger partial charge is 0.331 e. The molecule has 0 saturated carbocycles. The van der Waals surface area contributed by atoms with E-state index >= 15 is 0 Å². The minimum absolute atomic E-state index is 0.0177. The number of allylic oxidation sites excluding steroid dienone is 4. The summed E-state index contributed by atoms with van der Waals surface area (Å²) in [5, 5.41) is 115. The van der Waals surface area contributed by atoms with Crippen LogP contribution in [0.3, 0.4) is 0 Å². The normalized spacial score (nSPS) is 23.8. The Balaban J connectivity index is 0.000000156. The molecule has 0 bridgehead atoms. The molecule has 0 aromatic heterocycles. The standard InChI is InChI=1S/C20H24O6.C19H22O6.C19H20O6.C18H20O6/c1-20(2)14-7-6-12(19(24)25)10-13(14)18-15(21)8-11(9-16(18)26-20)4-3-5-17(22)23;2*1-19(2)13-5-4-11(18(23)24)9-12(13)17-14(20)7-10(3-6-16(21)22)8-15(17)25-19;1-18(2)12-4-3-10(17(22)23)8-11(12)16-13(19)5-9(7-15(20)21)6-14(16)24-18/h8-10,13-14,21H,3-7H2,1-2H3,(H,22,23)(H,24,25);7-9,12-13,20H,3-6H2,1-2H3,(H,21,22)(H,23,24);3,6-9,12-13,20H,4-5H2,1-2H3,(H,21,22)(H,23,24);5-6,8,11-12,19H,3-4,7H2,1-2H3,(H,20,21)(H,22,23)/b;;6-3+;. The minimum Gasteiger partial charge on any atom is -0.507 e. The van der Waals surface area contributed by atoms with E-state index in [-0.39, 0.29) is 89.6 Å². The van der Waals surface area contributed by atoms with Gasteiger partial charge in [0.25, 0.3) is 0 Å². The van der Waals surface area contributed by atoms with Crippen LogP contribution in [0, 0.1) is 23.7 Å². The molecule has 8 aliphatic rings. The fraction of sp³-hybridized carbons (Fsp3) is 0.447. The van der Waals surface area contributed by atoms with E-state index in [1.807, 2.05) is 61.5 Å². The van der Waals surface area contributed by atoms with Gasteiger partial charge in [-0.2, -0.15) is 0 Å². The number of aryl methyl sites for hydroxylation is 2. The molecule has 534 valence electrons. The van der Waals surface area contributed by atoms with E-state index in [4.69, 9.17) is 39.4 Å². The number of carbonyl (C=O) groups is 8. The van der Waals surface area contributed by atoms with Gasteiger partial charge in [0.2, 0.25) is 0 Å². The van der Waals surface area contributed by atoms with Crippen LogP contribution >= 0.6 is 0 Å². The Hall–Kier alpha value is -10.3. The second-order valence-corrected chi connectivity index (χ2v) is 28.9. The maximum absolute atomic E-state index is 11.4. The molecule has 12 rings (SSSR count). The predicted octanol–water partition coefficient (Wildman–Crippen LogP) is 12.4. The number of carboxylic acids is 8. The third-order valence-corrected chi connectivity index (χ3v) is 20.6. The van der Waals surface area contributed by atoms with Gasteiger partial charge < -0.3 is 80.2 Å². The molecule has 8 atom stereocenters. The number of aromatic hydroxyl groups is 4. The molecule has 8 unspecified atom stereocenters. The number of phenols is 4.